The Morgan fingerprint density at radius 2 is 1.85 bits per heavy atom. The minimum atomic E-state index is -0.737. The molecule has 2 aromatic carbocycles. The van der Waals surface area contributed by atoms with Gasteiger partial charge in [-0.05, 0) is 55.2 Å². The average Bonchev–Trinajstić information content (AvgIpc) is 2.92. The van der Waals surface area contributed by atoms with Crippen LogP contribution in [0.15, 0.2) is 36.4 Å². The van der Waals surface area contributed by atoms with E-state index >= 15 is 0 Å². The van der Waals surface area contributed by atoms with E-state index in [4.69, 9.17) is 9.47 Å². The third kappa shape index (κ3) is 8.42. The fourth-order valence-corrected chi connectivity index (χ4v) is 4.12. The van der Waals surface area contributed by atoms with E-state index in [0.717, 1.165) is 0 Å². The number of ether oxygens (including phenoxy) is 2. The SMILES string of the molecule is CC[C@@H]1NC(=O)CCCN(C(C)=O)CCCNC(=O)c2ccc(OC)c(c2)Oc2ccc(cc2F)CNC1=O. The summed E-state index contributed by atoms with van der Waals surface area (Å²) in [6.45, 7) is 4.38. The topological polar surface area (TPSA) is 126 Å². The molecule has 1 atom stereocenters. The molecule has 39 heavy (non-hydrogen) atoms. The fraction of sp³-hybridized carbons (Fsp3) is 0.429. The zero-order valence-electron chi connectivity index (χ0n) is 22.5. The van der Waals surface area contributed by atoms with Crippen LogP contribution in [0.4, 0.5) is 4.39 Å². The normalized spacial score (nSPS) is 17.9. The number of methoxy groups -OCH3 is 1. The van der Waals surface area contributed by atoms with Gasteiger partial charge in [-0.25, -0.2) is 4.39 Å². The summed E-state index contributed by atoms with van der Waals surface area (Å²) in [5, 5.41) is 8.26. The van der Waals surface area contributed by atoms with Gasteiger partial charge in [0.15, 0.2) is 23.1 Å². The van der Waals surface area contributed by atoms with Crippen LogP contribution < -0.4 is 25.4 Å². The van der Waals surface area contributed by atoms with Crippen LogP contribution in [0.1, 0.15) is 55.5 Å². The summed E-state index contributed by atoms with van der Waals surface area (Å²) in [5.74, 6) is -1.43. The Bertz CT molecular complexity index is 1200. The van der Waals surface area contributed by atoms with Crippen molar-refractivity contribution in [3.63, 3.8) is 0 Å². The molecule has 2 heterocycles. The summed E-state index contributed by atoms with van der Waals surface area (Å²) in [6, 6.07) is 8.14. The van der Waals surface area contributed by atoms with Crippen LogP contribution in [0, 0.1) is 5.82 Å². The molecule has 3 N–H and O–H groups in total. The average molecular weight is 543 g/mol. The molecule has 0 fully saturated rings. The maximum absolute atomic E-state index is 14.9. The minimum absolute atomic E-state index is 0.0505. The van der Waals surface area contributed by atoms with E-state index in [1.807, 2.05) is 0 Å². The predicted molar refractivity (Wildman–Crippen MR) is 142 cm³/mol. The van der Waals surface area contributed by atoms with E-state index < -0.39 is 11.9 Å². The summed E-state index contributed by atoms with van der Waals surface area (Å²) in [4.78, 5) is 51.5. The van der Waals surface area contributed by atoms with Crippen LogP contribution in [0.3, 0.4) is 0 Å². The van der Waals surface area contributed by atoms with Crippen molar-refractivity contribution in [1.82, 2.24) is 20.9 Å². The van der Waals surface area contributed by atoms with Crippen molar-refractivity contribution in [2.45, 2.75) is 52.1 Å². The summed E-state index contributed by atoms with van der Waals surface area (Å²) in [7, 11) is 1.44. The van der Waals surface area contributed by atoms with Crippen molar-refractivity contribution >= 4 is 23.6 Å². The molecule has 210 valence electrons. The van der Waals surface area contributed by atoms with E-state index in [1.165, 1.54) is 32.2 Å². The smallest absolute Gasteiger partial charge is 0.251 e. The molecule has 11 heteroatoms. The maximum atomic E-state index is 14.9. The lowest BCUT2D eigenvalue weighted by atomic mass is 10.1. The Hall–Kier alpha value is -4.15. The molecule has 0 saturated heterocycles. The molecule has 0 aromatic heterocycles. The van der Waals surface area contributed by atoms with Crippen LogP contribution in [0.2, 0.25) is 0 Å². The van der Waals surface area contributed by atoms with Crippen molar-refractivity contribution in [3.05, 3.63) is 53.3 Å². The van der Waals surface area contributed by atoms with Gasteiger partial charge in [0.25, 0.3) is 5.91 Å². The Morgan fingerprint density at radius 3 is 2.54 bits per heavy atom. The van der Waals surface area contributed by atoms with Crippen molar-refractivity contribution in [3.8, 4) is 17.2 Å². The highest BCUT2D eigenvalue weighted by atomic mass is 19.1. The quantitative estimate of drug-likeness (QED) is 0.536. The number of carbonyl (C=O) groups is 4. The first-order valence-corrected chi connectivity index (χ1v) is 13.0. The molecule has 0 spiro atoms. The molecule has 2 aromatic rings. The molecule has 10 nitrogen and oxygen atoms in total. The first kappa shape index (κ1) is 29.4. The van der Waals surface area contributed by atoms with Gasteiger partial charge < -0.3 is 30.3 Å². The number of benzene rings is 2. The lowest BCUT2D eigenvalue weighted by molar-refractivity contribution is -0.130. The van der Waals surface area contributed by atoms with E-state index in [0.29, 0.717) is 55.8 Å². The molecular weight excluding hydrogens is 507 g/mol. The Morgan fingerprint density at radius 1 is 1.08 bits per heavy atom. The summed E-state index contributed by atoms with van der Waals surface area (Å²) >= 11 is 0. The minimum Gasteiger partial charge on any atom is -0.493 e. The van der Waals surface area contributed by atoms with Gasteiger partial charge in [0.2, 0.25) is 17.7 Å². The van der Waals surface area contributed by atoms with Crippen molar-refractivity contribution < 1.29 is 33.0 Å². The van der Waals surface area contributed by atoms with Crippen LogP contribution in [-0.2, 0) is 20.9 Å². The molecular formula is C28H35FN4O6. The van der Waals surface area contributed by atoms with Crippen molar-refractivity contribution in [2.75, 3.05) is 26.7 Å². The van der Waals surface area contributed by atoms with E-state index in [1.54, 1.807) is 30.0 Å². The summed E-state index contributed by atoms with van der Waals surface area (Å²) in [5.41, 5.74) is 0.793. The number of hydrogen-bond acceptors (Lipinski definition) is 6. The fourth-order valence-electron chi connectivity index (χ4n) is 4.12. The molecule has 0 unspecified atom stereocenters. The number of halogens is 1. The maximum Gasteiger partial charge on any atom is 0.251 e. The first-order valence-electron chi connectivity index (χ1n) is 13.0. The molecule has 0 aliphatic carbocycles. The standard InChI is InChI=1S/C28H35FN4O6/c1-4-22-28(37)31-17-19-8-10-23(21(29)15-19)39-25-16-20(9-11-24(25)38-3)27(36)30-12-6-14-33(18(2)34)13-5-7-26(35)32-22/h8-11,15-16,22H,4-7,12-14,17H2,1-3H3,(H,30,36)(H,31,37)(H,32,35)/t22-/m0/s1. The molecule has 4 rings (SSSR count). The van der Waals surface area contributed by atoms with Gasteiger partial charge in [0.1, 0.15) is 6.04 Å². The van der Waals surface area contributed by atoms with Gasteiger partial charge in [-0.1, -0.05) is 13.0 Å². The van der Waals surface area contributed by atoms with Gasteiger partial charge >= 0.3 is 0 Å². The summed E-state index contributed by atoms with van der Waals surface area (Å²) < 4.78 is 26.0. The lowest BCUT2D eigenvalue weighted by Gasteiger charge is -2.21. The van der Waals surface area contributed by atoms with Gasteiger partial charge in [-0.2, -0.15) is 0 Å². The molecule has 0 radical (unpaired) electrons. The van der Waals surface area contributed by atoms with Gasteiger partial charge in [-0.3, -0.25) is 19.2 Å². The molecule has 2 aliphatic heterocycles. The number of amides is 4. The third-order valence-corrected chi connectivity index (χ3v) is 6.34. The third-order valence-electron chi connectivity index (χ3n) is 6.34. The predicted octanol–water partition coefficient (Wildman–Crippen LogP) is 2.90. The first-order chi connectivity index (χ1) is 18.7. The number of rotatable bonds is 2. The van der Waals surface area contributed by atoms with Gasteiger partial charge in [0, 0.05) is 45.1 Å². The number of fused-ring (bicyclic) bond motifs is 16. The molecule has 2 aliphatic rings. The van der Waals surface area contributed by atoms with Crippen LogP contribution >= 0.6 is 0 Å². The number of carbonyl (C=O) groups excluding carboxylic acids is 4. The Labute approximate surface area is 227 Å². The molecule has 4 bridgehead atoms. The highest BCUT2D eigenvalue weighted by Crippen LogP contribution is 2.34. The molecule has 0 saturated carbocycles. The van der Waals surface area contributed by atoms with Gasteiger partial charge in [0.05, 0.1) is 7.11 Å². The highest BCUT2D eigenvalue weighted by molar-refractivity contribution is 5.95. The zero-order chi connectivity index (χ0) is 28.4. The van der Waals surface area contributed by atoms with Crippen LogP contribution in [-0.4, -0.2) is 61.3 Å². The van der Waals surface area contributed by atoms with Crippen molar-refractivity contribution in [1.29, 1.82) is 0 Å². The lowest BCUT2D eigenvalue weighted by Crippen LogP contribution is -2.46. The monoisotopic (exact) mass is 542 g/mol. The zero-order valence-corrected chi connectivity index (χ0v) is 22.5. The van der Waals surface area contributed by atoms with E-state index in [2.05, 4.69) is 16.0 Å². The van der Waals surface area contributed by atoms with E-state index in [-0.39, 0.29) is 48.1 Å². The number of nitrogens with zero attached hydrogens (tertiary/aromatic N) is 1. The molecule has 4 amide bonds. The number of hydrogen-bond donors (Lipinski definition) is 3. The second kappa shape index (κ2) is 14.1. The Balaban J connectivity index is 1.84. The second-order valence-corrected chi connectivity index (χ2v) is 9.20. The van der Waals surface area contributed by atoms with Gasteiger partial charge in [-0.15, -0.1) is 0 Å². The summed E-state index contributed by atoms with van der Waals surface area (Å²) in [6.07, 6.45) is 1.46. The van der Waals surface area contributed by atoms with Crippen LogP contribution in [0.5, 0.6) is 17.2 Å². The Kier molecular flexibility index (Phi) is 10.7. The largest absolute Gasteiger partial charge is 0.493 e. The highest BCUT2D eigenvalue weighted by Gasteiger charge is 2.20. The van der Waals surface area contributed by atoms with E-state index in [9.17, 15) is 23.6 Å². The second-order valence-electron chi connectivity index (χ2n) is 9.20. The van der Waals surface area contributed by atoms with Crippen molar-refractivity contribution in [2.24, 2.45) is 0 Å². The van der Waals surface area contributed by atoms with Crippen LogP contribution in [0.25, 0.3) is 0 Å². The number of nitrogens with one attached hydrogen (secondary N) is 3.